The Morgan fingerprint density at radius 2 is 0.965 bits per heavy atom. The molecule has 0 unspecified atom stereocenters. The summed E-state index contributed by atoms with van der Waals surface area (Å²) in [6, 6.07) is 31.1. The van der Waals surface area contributed by atoms with Gasteiger partial charge >= 0.3 is 0 Å². The monoisotopic (exact) mass is 864 g/mol. The van der Waals surface area contributed by atoms with E-state index >= 15 is 0 Å². The molecule has 10 rings (SSSR count). The van der Waals surface area contributed by atoms with Crippen LogP contribution in [-0.2, 0) is 18.9 Å². The summed E-state index contributed by atoms with van der Waals surface area (Å²) < 4.78 is 22.8. The summed E-state index contributed by atoms with van der Waals surface area (Å²) >= 11 is 30.6. The molecule has 0 bridgehead atoms. The lowest BCUT2D eigenvalue weighted by Crippen LogP contribution is -2.45. The minimum absolute atomic E-state index is 0.189. The second-order valence-electron chi connectivity index (χ2n) is 14.3. The van der Waals surface area contributed by atoms with E-state index in [1.807, 2.05) is 60.7 Å². The van der Waals surface area contributed by atoms with Crippen LogP contribution in [0, 0.1) is 0 Å². The number of ether oxygens (including phenoxy) is 4. The molecule has 0 saturated carbocycles. The maximum atomic E-state index is 6.28. The van der Waals surface area contributed by atoms with Crippen molar-refractivity contribution >= 4 is 85.5 Å². The Bertz CT molecular complexity index is 2350. The van der Waals surface area contributed by atoms with E-state index in [2.05, 4.69) is 39.5 Å². The summed E-state index contributed by atoms with van der Waals surface area (Å²) in [5, 5.41) is 8.14. The van der Waals surface area contributed by atoms with Crippen molar-refractivity contribution in [2.45, 2.75) is 37.3 Å². The summed E-state index contributed by atoms with van der Waals surface area (Å²) in [5.74, 6) is -0.572. The number of hydrogen-bond donors (Lipinski definition) is 1. The minimum atomic E-state index is -0.383. The number of benzene rings is 4. The molecule has 13 heteroatoms. The van der Waals surface area contributed by atoms with Crippen LogP contribution in [0.5, 0.6) is 0 Å². The third-order valence-corrected chi connectivity index (χ3v) is 12.4. The zero-order chi connectivity index (χ0) is 39.4. The Balaban J connectivity index is 0.000000134. The molecule has 0 atom stereocenters. The SMILES string of the molecule is C1CC2(CCN1)OCCO2.Clc1ccc(-c2cc(Cl)c3ccccc3n2)cc1Cl.Clc1ccc(-c2cc(N3CCC4(CC3)OCCO4)c3ccccc3n2)cc1Cl. The van der Waals surface area contributed by atoms with Crippen LogP contribution in [0.3, 0.4) is 0 Å². The van der Waals surface area contributed by atoms with Crippen molar-refractivity contribution in [2.24, 2.45) is 0 Å². The average Bonchev–Trinajstić information content (AvgIpc) is 3.90. The highest BCUT2D eigenvalue weighted by molar-refractivity contribution is 6.42. The molecule has 4 aliphatic rings. The van der Waals surface area contributed by atoms with Crippen molar-refractivity contribution in [3.63, 3.8) is 0 Å². The van der Waals surface area contributed by atoms with Gasteiger partial charge in [-0.1, -0.05) is 107 Å². The molecular formula is C44H41Cl5N4O4. The fraction of sp³-hybridized carbons (Fsp3) is 0.318. The molecule has 4 aliphatic heterocycles. The van der Waals surface area contributed by atoms with Gasteiger partial charge in [-0.05, 0) is 48.5 Å². The highest BCUT2D eigenvalue weighted by Crippen LogP contribution is 2.38. The number of aromatic nitrogens is 2. The summed E-state index contributed by atoms with van der Waals surface area (Å²) in [7, 11) is 0. The standard InChI is InChI=1S/C22H20Cl2N2O2.C15H8Cl3N.C7H13NO2/c23-17-6-5-15(13-18(17)24)20-14-21(16-3-1-2-4-19(16)25-20)26-9-7-22(8-10-26)27-11-12-28-22;16-11-6-5-9(7-13(11)18)15-8-12(17)10-3-1-2-4-14(10)19-15;1-3-8-4-2-7(1)9-5-6-10-7/h1-6,13-14H,7-12H2;1-8H;8H,1-6H2. The van der Waals surface area contributed by atoms with E-state index in [0.29, 0.717) is 38.3 Å². The number of nitrogens with one attached hydrogen (secondary N) is 1. The fourth-order valence-electron chi connectivity index (χ4n) is 7.63. The van der Waals surface area contributed by atoms with Gasteiger partial charge in [0, 0.05) is 79.4 Å². The van der Waals surface area contributed by atoms with Gasteiger partial charge < -0.3 is 29.2 Å². The number of halogens is 5. The molecule has 2 spiro atoms. The predicted molar refractivity (Wildman–Crippen MR) is 232 cm³/mol. The van der Waals surface area contributed by atoms with Gasteiger partial charge in [0.1, 0.15) is 0 Å². The Kier molecular flexibility index (Phi) is 12.8. The molecule has 296 valence electrons. The van der Waals surface area contributed by atoms with Crippen molar-refractivity contribution < 1.29 is 18.9 Å². The van der Waals surface area contributed by atoms with Crippen LogP contribution in [0.2, 0.25) is 25.1 Å². The quantitative estimate of drug-likeness (QED) is 0.188. The van der Waals surface area contributed by atoms with Crippen molar-refractivity contribution in [3.8, 4) is 22.5 Å². The number of nitrogens with zero attached hydrogens (tertiary/aromatic N) is 3. The normalized spacial score (nSPS) is 18.4. The van der Waals surface area contributed by atoms with Crippen molar-refractivity contribution in [3.05, 3.63) is 122 Å². The Hall–Kier alpha value is -3.25. The molecule has 0 aliphatic carbocycles. The van der Waals surface area contributed by atoms with E-state index in [0.717, 1.165) is 109 Å². The zero-order valence-electron chi connectivity index (χ0n) is 31.1. The number of para-hydroxylation sites is 2. The number of anilines is 1. The van der Waals surface area contributed by atoms with Crippen molar-refractivity contribution in [2.75, 3.05) is 57.5 Å². The van der Waals surface area contributed by atoms with Gasteiger partial charge in [0.05, 0.1) is 74.0 Å². The molecule has 2 aromatic heterocycles. The van der Waals surface area contributed by atoms with Crippen LogP contribution < -0.4 is 10.2 Å². The molecular weight excluding hydrogens is 826 g/mol. The van der Waals surface area contributed by atoms with Crippen LogP contribution in [-0.4, -0.2) is 74.1 Å². The third kappa shape index (κ3) is 9.32. The first kappa shape index (κ1) is 40.5. The molecule has 0 amide bonds. The van der Waals surface area contributed by atoms with Gasteiger partial charge in [0.15, 0.2) is 11.6 Å². The van der Waals surface area contributed by atoms with Crippen LogP contribution in [0.4, 0.5) is 5.69 Å². The molecule has 57 heavy (non-hydrogen) atoms. The largest absolute Gasteiger partial charge is 0.371 e. The van der Waals surface area contributed by atoms with Crippen LogP contribution in [0.1, 0.15) is 25.7 Å². The van der Waals surface area contributed by atoms with Gasteiger partial charge in [-0.25, -0.2) is 9.97 Å². The first-order valence-corrected chi connectivity index (χ1v) is 21.0. The highest BCUT2D eigenvalue weighted by Gasteiger charge is 2.40. The average molecular weight is 867 g/mol. The zero-order valence-corrected chi connectivity index (χ0v) is 34.9. The Labute approximate surface area is 357 Å². The second-order valence-corrected chi connectivity index (χ2v) is 16.3. The van der Waals surface area contributed by atoms with Crippen LogP contribution >= 0.6 is 58.0 Å². The summed E-state index contributed by atoms with van der Waals surface area (Å²) in [6.07, 6.45) is 3.75. The molecule has 6 aromatic rings. The first-order valence-electron chi connectivity index (χ1n) is 19.1. The number of fused-ring (bicyclic) bond motifs is 2. The highest BCUT2D eigenvalue weighted by atomic mass is 35.5. The van der Waals surface area contributed by atoms with Crippen molar-refractivity contribution in [1.29, 1.82) is 0 Å². The topological polar surface area (TPSA) is 78.0 Å². The smallest absolute Gasteiger partial charge is 0.171 e. The van der Waals surface area contributed by atoms with Gasteiger partial charge in [0.2, 0.25) is 0 Å². The van der Waals surface area contributed by atoms with Crippen LogP contribution in [0.15, 0.2) is 97.1 Å². The minimum Gasteiger partial charge on any atom is -0.371 e. The van der Waals surface area contributed by atoms with E-state index in [4.69, 9.17) is 81.9 Å². The Morgan fingerprint density at radius 3 is 1.51 bits per heavy atom. The van der Waals surface area contributed by atoms with E-state index in [1.54, 1.807) is 12.1 Å². The number of rotatable bonds is 3. The molecule has 6 heterocycles. The fourth-order valence-corrected chi connectivity index (χ4v) is 8.48. The molecule has 4 fully saturated rings. The van der Waals surface area contributed by atoms with E-state index < -0.39 is 0 Å². The number of hydrogen-bond acceptors (Lipinski definition) is 8. The van der Waals surface area contributed by atoms with E-state index in [1.165, 1.54) is 5.69 Å². The summed E-state index contributed by atoms with van der Waals surface area (Å²) in [5.41, 5.74) is 6.52. The Morgan fingerprint density at radius 1 is 0.491 bits per heavy atom. The molecule has 4 saturated heterocycles. The van der Waals surface area contributed by atoms with E-state index in [-0.39, 0.29) is 11.6 Å². The van der Waals surface area contributed by atoms with Gasteiger partial charge in [-0.3, -0.25) is 0 Å². The molecule has 1 N–H and O–H groups in total. The molecule has 4 aromatic carbocycles. The second kappa shape index (κ2) is 17.9. The summed E-state index contributed by atoms with van der Waals surface area (Å²) in [6.45, 7) is 6.77. The van der Waals surface area contributed by atoms with Gasteiger partial charge in [-0.2, -0.15) is 0 Å². The maximum Gasteiger partial charge on any atom is 0.171 e. The summed E-state index contributed by atoms with van der Waals surface area (Å²) in [4.78, 5) is 11.9. The van der Waals surface area contributed by atoms with Gasteiger partial charge in [0.25, 0.3) is 0 Å². The lowest BCUT2D eigenvalue weighted by Gasteiger charge is -2.39. The van der Waals surface area contributed by atoms with Crippen molar-refractivity contribution in [1.82, 2.24) is 15.3 Å². The van der Waals surface area contributed by atoms with Gasteiger partial charge in [-0.15, -0.1) is 0 Å². The maximum absolute atomic E-state index is 6.28. The third-order valence-electron chi connectivity index (χ3n) is 10.6. The molecule has 0 radical (unpaired) electrons. The first-order chi connectivity index (χ1) is 27.7. The predicted octanol–water partition coefficient (Wildman–Crippen LogP) is 11.5. The number of piperidine rings is 2. The lowest BCUT2D eigenvalue weighted by atomic mass is 10.0. The molecule has 8 nitrogen and oxygen atoms in total. The lowest BCUT2D eigenvalue weighted by molar-refractivity contribution is -0.172. The number of pyridine rings is 2. The van der Waals surface area contributed by atoms with E-state index in [9.17, 15) is 0 Å². The van der Waals surface area contributed by atoms with Crippen LogP contribution in [0.25, 0.3) is 44.3 Å².